The van der Waals surface area contributed by atoms with E-state index in [9.17, 15) is 0 Å². The van der Waals surface area contributed by atoms with Gasteiger partial charge in [0.2, 0.25) is 0 Å². The molecule has 5 nitrogen and oxygen atoms in total. The number of oxime groups is 1. The highest BCUT2D eigenvalue weighted by atomic mass is 16.4. The molecule has 5 heteroatoms. The van der Waals surface area contributed by atoms with Crippen molar-refractivity contribution in [3.05, 3.63) is 0 Å². The Morgan fingerprint density at radius 3 is 2.94 bits per heavy atom. The first-order chi connectivity index (χ1) is 8.65. The van der Waals surface area contributed by atoms with Crippen LogP contribution in [0, 0.1) is 0 Å². The van der Waals surface area contributed by atoms with E-state index in [4.69, 9.17) is 10.9 Å². The second-order valence-electron chi connectivity index (χ2n) is 5.69. The molecule has 18 heavy (non-hydrogen) atoms. The summed E-state index contributed by atoms with van der Waals surface area (Å²) < 4.78 is 0. The van der Waals surface area contributed by atoms with E-state index >= 15 is 0 Å². The fourth-order valence-electron chi connectivity index (χ4n) is 3.50. The summed E-state index contributed by atoms with van der Waals surface area (Å²) in [6, 6.07) is 1.69. The van der Waals surface area contributed by atoms with Crippen LogP contribution in [-0.4, -0.2) is 58.6 Å². The monoisotopic (exact) mass is 254 g/mol. The first kappa shape index (κ1) is 13.6. The number of fused-ring (bicyclic) bond motifs is 1. The molecule has 3 N–H and O–H groups in total. The fourth-order valence-corrected chi connectivity index (χ4v) is 3.50. The standard InChI is InChI=1S/C13H26N4O/c1-3-11(7-13(14)15-18)17-9-12-5-4-6-16(12)8-10(17)2/h10-12,18H,3-9H2,1-2H3,(H2,14,15). The molecule has 104 valence electrons. The second-order valence-corrected chi connectivity index (χ2v) is 5.69. The molecule has 2 aliphatic heterocycles. The van der Waals surface area contributed by atoms with Gasteiger partial charge in [0.1, 0.15) is 5.84 Å². The molecule has 2 rings (SSSR count). The predicted molar refractivity (Wildman–Crippen MR) is 72.9 cm³/mol. The molecule has 2 saturated heterocycles. The van der Waals surface area contributed by atoms with E-state index in [0.717, 1.165) is 25.6 Å². The minimum absolute atomic E-state index is 0.350. The van der Waals surface area contributed by atoms with Gasteiger partial charge in [0.25, 0.3) is 0 Å². The lowest BCUT2D eigenvalue weighted by atomic mass is 10.0. The number of hydrogen-bond donors (Lipinski definition) is 2. The molecule has 0 aromatic heterocycles. The fraction of sp³-hybridized carbons (Fsp3) is 0.923. The van der Waals surface area contributed by atoms with Crippen LogP contribution >= 0.6 is 0 Å². The molecule has 3 atom stereocenters. The van der Waals surface area contributed by atoms with Crippen molar-refractivity contribution in [2.24, 2.45) is 10.9 Å². The maximum Gasteiger partial charge on any atom is 0.140 e. The summed E-state index contributed by atoms with van der Waals surface area (Å²) in [5.74, 6) is 0.350. The van der Waals surface area contributed by atoms with Crippen LogP contribution in [0.5, 0.6) is 0 Å². The maximum atomic E-state index is 8.73. The lowest BCUT2D eigenvalue weighted by Gasteiger charge is -2.46. The Kier molecular flexibility index (Phi) is 4.45. The van der Waals surface area contributed by atoms with Crippen molar-refractivity contribution in [3.63, 3.8) is 0 Å². The van der Waals surface area contributed by atoms with Crippen molar-refractivity contribution in [1.82, 2.24) is 9.80 Å². The Bertz CT molecular complexity index is 307. The molecule has 2 heterocycles. The van der Waals surface area contributed by atoms with Gasteiger partial charge >= 0.3 is 0 Å². The first-order valence-corrected chi connectivity index (χ1v) is 7.11. The van der Waals surface area contributed by atoms with Gasteiger partial charge in [-0.1, -0.05) is 12.1 Å². The topological polar surface area (TPSA) is 65.1 Å². The number of nitrogens with two attached hydrogens (primary N) is 1. The van der Waals surface area contributed by atoms with Crippen LogP contribution < -0.4 is 5.73 Å². The van der Waals surface area contributed by atoms with Gasteiger partial charge < -0.3 is 10.9 Å². The van der Waals surface area contributed by atoms with Crippen LogP contribution in [-0.2, 0) is 0 Å². The molecule has 0 radical (unpaired) electrons. The van der Waals surface area contributed by atoms with Gasteiger partial charge in [-0.05, 0) is 32.7 Å². The summed E-state index contributed by atoms with van der Waals surface area (Å²) in [4.78, 5) is 5.18. The van der Waals surface area contributed by atoms with Gasteiger partial charge in [-0.15, -0.1) is 0 Å². The van der Waals surface area contributed by atoms with Crippen LogP contribution in [0.25, 0.3) is 0 Å². The van der Waals surface area contributed by atoms with Crippen LogP contribution in [0.1, 0.15) is 39.5 Å². The zero-order valence-corrected chi connectivity index (χ0v) is 11.5. The lowest BCUT2D eigenvalue weighted by Crippen LogP contribution is -2.58. The highest BCUT2D eigenvalue weighted by molar-refractivity contribution is 5.80. The summed E-state index contributed by atoms with van der Waals surface area (Å²) in [6.07, 6.45) is 4.38. The van der Waals surface area contributed by atoms with Gasteiger partial charge in [0.15, 0.2) is 0 Å². The summed E-state index contributed by atoms with van der Waals surface area (Å²) in [6.45, 7) is 8.04. The van der Waals surface area contributed by atoms with Gasteiger partial charge in [-0.3, -0.25) is 9.80 Å². The zero-order valence-electron chi connectivity index (χ0n) is 11.5. The van der Waals surface area contributed by atoms with E-state index < -0.39 is 0 Å². The van der Waals surface area contributed by atoms with E-state index in [-0.39, 0.29) is 0 Å². The smallest absolute Gasteiger partial charge is 0.140 e. The second kappa shape index (κ2) is 5.89. The van der Waals surface area contributed by atoms with Gasteiger partial charge in [0.05, 0.1) is 0 Å². The third kappa shape index (κ3) is 2.78. The van der Waals surface area contributed by atoms with Crippen molar-refractivity contribution < 1.29 is 5.21 Å². The predicted octanol–water partition coefficient (Wildman–Crippen LogP) is 1.07. The molecular formula is C13H26N4O. The third-order valence-corrected chi connectivity index (χ3v) is 4.50. The van der Waals surface area contributed by atoms with E-state index in [0.29, 0.717) is 24.3 Å². The van der Waals surface area contributed by atoms with Crippen LogP contribution in [0.2, 0.25) is 0 Å². The summed E-state index contributed by atoms with van der Waals surface area (Å²) in [7, 11) is 0. The van der Waals surface area contributed by atoms with Crippen molar-refractivity contribution in [3.8, 4) is 0 Å². The Hall–Kier alpha value is -0.810. The van der Waals surface area contributed by atoms with Crippen molar-refractivity contribution in [2.75, 3.05) is 19.6 Å². The molecule has 0 aromatic carbocycles. The molecule has 3 unspecified atom stereocenters. The van der Waals surface area contributed by atoms with E-state index in [1.54, 1.807) is 0 Å². The van der Waals surface area contributed by atoms with E-state index in [2.05, 4.69) is 28.8 Å². The maximum absolute atomic E-state index is 8.73. The minimum atomic E-state index is 0.350. The van der Waals surface area contributed by atoms with Crippen molar-refractivity contribution in [2.45, 2.75) is 57.7 Å². The first-order valence-electron chi connectivity index (χ1n) is 7.11. The van der Waals surface area contributed by atoms with Crippen LogP contribution in [0.3, 0.4) is 0 Å². The molecular weight excluding hydrogens is 228 g/mol. The molecule has 0 bridgehead atoms. The van der Waals surface area contributed by atoms with Gasteiger partial charge in [-0.25, -0.2) is 0 Å². The van der Waals surface area contributed by atoms with E-state index in [1.165, 1.54) is 19.4 Å². The minimum Gasteiger partial charge on any atom is -0.409 e. The lowest BCUT2D eigenvalue weighted by molar-refractivity contribution is 0.0283. The summed E-state index contributed by atoms with van der Waals surface area (Å²) in [5, 5.41) is 11.8. The summed E-state index contributed by atoms with van der Waals surface area (Å²) >= 11 is 0. The highest BCUT2D eigenvalue weighted by Crippen LogP contribution is 2.27. The molecule has 0 spiro atoms. The number of piperazine rings is 1. The normalized spacial score (nSPS) is 32.4. The summed E-state index contributed by atoms with van der Waals surface area (Å²) in [5.41, 5.74) is 5.67. The Labute approximate surface area is 110 Å². The van der Waals surface area contributed by atoms with Crippen LogP contribution in [0.4, 0.5) is 0 Å². The van der Waals surface area contributed by atoms with Crippen molar-refractivity contribution in [1.29, 1.82) is 0 Å². The van der Waals surface area contributed by atoms with Crippen LogP contribution in [0.15, 0.2) is 5.16 Å². The number of hydrogen-bond acceptors (Lipinski definition) is 4. The van der Waals surface area contributed by atoms with Crippen molar-refractivity contribution >= 4 is 5.84 Å². The van der Waals surface area contributed by atoms with Gasteiger partial charge in [0, 0.05) is 37.6 Å². The number of nitrogens with zero attached hydrogens (tertiary/aromatic N) is 3. The SMILES string of the molecule is CCC(CC(N)=NO)N1CC2CCCN2CC1C. The highest BCUT2D eigenvalue weighted by Gasteiger charge is 2.36. The Balaban J connectivity index is 2.01. The Morgan fingerprint density at radius 1 is 1.50 bits per heavy atom. The number of rotatable bonds is 4. The zero-order chi connectivity index (χ0) is 13.1. The largest absolute Gasteiger partial charge is 0.409 e. The average Bonchev–Trinajstić information content (AvgIpc) is 2.81. The third-order valence-electron chi connectivity index (χ3n) is 4.50. The molecule has 2 fully saturated rings. The molecule has 0 saturated carbocycles. The quantitative estimate of drug-likeness (QED) is 0.341. The number of amidine groups is 1. The Morgan fingerprint density at radius 2 is 2.28 bits per heavy atom. The van der Waals surface area contributed by atoms with Gasteiger partial charge in [-0.2, -0.15) is 0 Å². The molecule has 2 aliphatic rings. The molecule has 0 amide bonds. The average molecular weight is 254 g/mol. The molecule has 0 aliphatic carbocycles. The molecule has 0 aromatic rings. The van der Waals surface area contributed by atoms with E-state index in [1.807, 2.05) is 0 Å².